The van der Waals surface area contributed by atoms with Crippen molar-refractivity contribution in [2.24, 2.45) is 0 Å². The van der Waals surface area contributed by atoms with Gasteiger partial charge in [-0.25, -0.2) is 4.79 Å². The van der Waals surface area contributed by atoms with E-state index >= 15 is 0 Å². The van der Waals surface area contributed by atoms with Crippen LogP contribution >= 0.6 is 0 Å². The van der Waals surface area contributed by atoms with E-state index in [0.717, 1.165) is 5.56 Å². The topological polar surface area (TPSA) is 102 Å². The molecule has 1 aromatic carbocycles. The maximum absolute atomic E-state index is 12.8. The van der Waals surface area contributed by atoms with Crippen LogP contribution in [0.4, 0.5) is 0 Å². The van der Waals surface area contributed by atoms with Crippen molar-refractivity contribution in [3.05, 3.63) is 35.5 Å². The summed E-state index contributed by atoms with van der Waals surface area (Å²) < 4.78 is 27.4. The first kappa shape index (κ1) is 26.6. The van der Waals surface area contributed by atoms with Crippen molar-refractivity contribution in [1.82, 2.24) is 4.90 Å². The van der Waals surface area contributed by atoms with Crippen LogP contribution in [0, 0.1) is 0 Å². The molecule has 0 heterocycles. The fourth-order valence-corrected chi connectivity index (χ4v) is 3.48. The number of nitrogens with zero attached hydrogens (tertiary/aromatic N) is 1. The number of rotatable bonds is 14. The van der Waals surface area contributed by atoms with E-state index in [2.05, 4.69) is 0 Å². The smallest absolute Gasteiger partial charge is 0.335 e. The largest absolute Gasteiger partial charge is 0.493 e. The molecule has 1 unspecified atom stereocenters. The predicted octanol–water partition coefficient (Wildman–Crippen LogP) is 2.06. The fraction of sp³-hybridized carbons (Fsp3) is 0.545. The average Bonchev–Trinajstić information content (AvgIpc) is 2.79. The summed E-state index contributed by atoms with van der Waals surface area (Å²) in [7, 11) is 3.11. The van der Waals surface area contributed by atoms with Gasteiger partial charge < -0.3 is 24.2 Å². The summed E-state index contributed by atoms with van der Waals surface area (Å²) in [6, 6.07) is 5.50. The lowest BCUT2D eigenvalue weighted by atomic mass is 10.1. The Morgan fingerprint density at radius 2 is 1.84 bits per heavy atom. The van der Waals surface area contributed by atoms with Crippen LogP contribution in [-0.4, -0.2) is 72.1 Å². The van der Waals surface area contributed by atoms with Gasteiger partial charge in [0, 0.05) is 35.9 Å². The lowest BCUT2D eigenvalue weighted by molar-refractivity contribution is -0.136. The molecule has 0 aliphatic carbocycles. The fourth-order valence-electron chi connectivity index (χ4n) is 2.84. The number of carbonyl (C=O) groups excluding carboxylic acids is 2. The van der Waals surface area contributed by atoms with Crippen LogP contribution in [-0.2, 0) is 31.5 Å². The van der Waals surface area contributed by atoms with Gasteiger partial charge in [0.15, 0.2) is 11.5 Å². The molecule has 0 fully saturated rings. The lowest BCUT2D eigenvalue weighted by Crippen LogP contribution is -2.33. The number of esters is 1. The Hall–Kier alpha value is -2.39. The van der Waals surface area contributed by atoms with Gasteiger partial charge in [-0.05, 0) is 43.4 Å². The summed E-state index contributed by atoms with van der Waals surface area (Å²) in [5.74, 6) is 0.584. The highest BCUT2D eigenvalue weighted by Gasteiger charge is 2.18. The SMILES string of the molecule is CCS(=O)CC(=O)N(/C=C(\CCCCO)C(=O)OC)CCc1ccc(OC)c(OC)c1. The minimum absolute atomic E-state index is 0.0197. The summed E-state index contributed by atoms with van der Waals surface area (Å²) in [6.45, 7) is 2.06. The third-order valence-corrected chi connectivity index (χ3v) is 5.84. The van der Waals surface area contributed by atoms with E-state index in [1.165, 1.54) is 18.2 Å². The Morgan fingerprint density at radius 3 is 2.42 bits per heavy atom. The Morgan fingerprint density at radius 1 is 1.13 bits per heavy atom. The molecule has 8 nitrogen and oxygen atoms in total. The highest BCUT2D eigenvalue weighted by molar-refractivity contribution is 7.85. The van der Waals surface area contributed by atoms with Crippen molar-refractivity contribution in [2.45, 2.75) is 32.6 Å². The van der Waals surface area contributed by atoms with Crippen molar-refractivity contribution in [2.75, 3.05) is 46.0 Å². The first-order valence-corrected chi connectivity index (χ1v) is 11.6. The highest BCUT2D eigenvalue weighted by Crippen LogP contribution is 2.27. The maximum atomic E-state index is 12.8. The van der Waals surface area contributed by atoms with Gasteiger partial charge in [-0.3, -0.25) is 9.00 Å². The van der Waals surface area contributed by atoms with Crippen LogP contribution in [0.15, 0.2) is 30.0 Å². The number of methoxy groups -OCH3 is 3. The molecule has 0 saturated heterocycles. The Balaban J connectivity index is 3.10. The molecule has 0 aromatic heterocycles. The summed E-state index contributed by atoms with van der Waals surface area (Å²) in [4.78, 5) is 26.4. The third kappa shape index (κ3) is 9.10. The van der Waals surface area contributed by atoms with Gasteiger partial charge in [0.1, 0.15) is 5.75 Å². The van der Waals surface area contributed by atoms with Gasteiger partial charge in [-0.2, -0.15) is 0 Å². The highest BCUT2D eigenvalue weighted by atomic mass is 32.2. The molecule has 31 heavy (non-hydrogen) atoms. The molecule has 0 aliphatic rings. The Bertz CT molecular complexity index is 779. The van der Waals surface area contributed by atoms with E-state index in [9.17, 15) is 13.8 Å². The minimum Gasteiger partial charge on any atom is -0.493 e. The average molecular weight is 456 g/mol. The first-order chi connectivity index (χ1) is 14.9. The van der Waals surface area contributed by atoms with E-state index in [4.69, 9.17) is 19.3 Å². The van der Waals surface area contributed by atoms with E-state index < -0.39 is 16.8 Å². The van der Waals surface area contributed by atoms with Crippen molar-refractivity contribution in [3.8, 4) is 11.5 Å². The number of benzene rings is 1. The number of hydrogen-bond donors (Lipinski definition) is 1. The van der Waals surface area contributed by atoms with E-state index in [-0.39, 0.29) is 24.8 Å². The van der Waals surface area contributed by atoms with Gasteiger partial charge in [-0.15, -0.1) is 0 Å². The molecular weight excluding hydrogens is 422 g/mol. The Kier molecular flexibility index (Phi) is 12.5. The quantitative estimate of drug-likeness (QED) is 0.260. The molecule has 1 amide bonds. The zero-order chi connectivity index (χ0) is 23.2. The summed E-state index contributed by atoms with van der Waals surface area (Å²) in [5, 5.41) is 9.01. The molecule has 174 valence electrons. The Labute approximate surface area is 186 Å². The second kappa shape index (κ2) is 14.6. The molecule has 1 aromatic rings. The van der Waals surface area contributed by atoms with Crippen LogP contribution in [0.1, 0.15) is 31.7 Å². The predicted molar refractivity (Wildman–Crippen MR) is 120 cm³/mol. The molecular formula is C22H33NO7S. The number of amides is 1. The molecule has 0 bridgehead atoms. The van der Waals surface area contributed by atoms with Gasteiger partial charge >= 0.3 is 5.97 Å². The number of aliphatic hydroxyl groups is 1. The van der Waals surface area contributed by atoms with Crippen LogP contribution in [0.3, 0.4) is 0 Å². The molecule has 0 aliphatic heterocycles. The van der Waals surface area contributed by atoms with Gasteiger partial charge in [0.25, 0.3) is 0 Å². The van der Waals surface area contributed by atoms with Crippen molar-refractivity contribution in [3.63, 3.8) is 0 Å². The number of unbranched alkanes of at least 4 members (excludes halogenated alkanes) is 1. The van der Waals surface area contributed by atoms with Crippen LogP contribution in [0.25, 0.3) is 0 Å². The van der Waals surface area contributed by atoms with Gasteiger partial charge in [0.2, 0.25) is 5.91 Å². The molecule has 0 radical (unpaired) electrons. The van der Waals surface area contributed by atoms with E-state index in [1.807, 2.05) is 12.1 Å². The molecule has 9 heteroatoms. The van der Waals surface area contributed by atoms with E-state index in [1.54, 1.807) is 27.2 Å². The van der Waals surface area contributed by atoms with Crippen molar-refractivity contribution >= 4 is 22.7 Å². The molecule has 1 N–H and O–H groups in total. The van der Waals surface area contributed by atoms with Crippen molar-refractivity contribution in [1.29, 1.82) is 0 Å². The van der Waals surface area contributed by atoms with Crippen LogP contribution in [0.5, 0.6) is 11.5 Å². The number of aliphatic hydroxyl groups excluding tert-OH is 1. The van der Waals surface area contributed by atoms with Crippen LogP contribution < -0.4 is 9.47 Å². The summed E-state index contributed by atoms with van der Waals surface area (Å²) >= 11 is 0. The lowest BCUT2D eigenvalue weighted by Gasteiger charge is -2.20. The molecule has 1 rings (SSSR count). The molecule has 0 spiro atoms. The summed E-state index contributed by atoms with van der Waals surface area (Å²) in [5.41, 5.74) is 1.25. The second-order valence-electron chi connectivity index (χ2n) is 6.73. The van der Waals surface area contributed by atoms with E-state index in [0.29, 0.717) is 48.5 Å². The minimum atomic E-state index is -1.28. The maximum Gasteiger partial charge on any atom is 0.335 e. The monoisotopic (exact) mass is 455 g/mol. The second-order valence-corrected chi connectivity index (χ2v) is 8.47. The normalized spacial score (nSPS) is 12.2. The first-order valence-electron chi connectivity index (χ1n) is 10.1. The molecule has 0 saturated carbocycles. The zero-order valence-corrected chi connectivity index (χ0v) is 19.5. The molecule has 1 atom stereocenters. The number of carbonyl (C=O) groups is 2. The third-order valence-electron chi connectivity index (χ3n) is 4.63. The number of ether oxygens (including phenoxy) is 3. The van der Waals surface area contributed by atoms with Gasteiger partial charge in [-0.1, -0.05) is 13.0 Å². The zero-order valence-electron chi connectivity index (χ0n) is 18.7. The van der Waals surface area contributed by atoms with Crippen molar-refractivity contribution < 1.29 is 33.1 Å². The van der Waals surface area contributed by atoms with Crippen LogP contribution in [0.2, 0.25) is 0 Å². The summed E-state index contributed by atoms with van der Waals surface area (Å²) in [6.07, 6.45) is 3.46. The standard InChI is InChI=1S/C22H33NO7S/c1-5-31(27)16-21(25)23(15-18(22(26)30-4)8-6-7-13-24)12-11-17-9-10-19(28-2)20(14-17)29-3/h9-10,14-15,24H,5-8,11-13,16H2,1-4H3/b18-15+. The van der Waals surface area contributed by atoms with Gasteiger partial charge in [0.05, 0.1) is 26.9 Å². The number of hydrogen-bond acceptors (Lipinski definition) is 7.